The lowest BCUT2D eigenvalue weighted by Crippen LogP contribution is -2.24. The summed E-state index contributed by atoms with van der Waals surface area (Å²) in [5, 5.41) is 9.05. The van der Waals surface area contributed by atoms with Crippen LogP contribution in [0.5, 0.6) is 0 Å². The van der Waals surface area contributed by atoms with Crippen molar-refractivity contribution in [1.82, 2.24) is 0 Å². The summed E-state index contributed by atoms with van der Waals surface area (Å²) in [6, 6.07) is 0. The van der Waals surface area contributed by atoms with Crippen molar-refractivity contribution in [3.05, 3.63) is 0 Å². The predicted molar refractivity (Wildman–Crippen MR) is 52.4 cm³/mol. The van der Waals surface area contributed by atoms with Crippen LogP contribution in [-0.2, 0) is 4.79 Å². The highest BCUT2D eigenvalue weighted by Crippen LogP contribution is 2.44. The summed E-state index contributed by atoms with van der Waals surface area (Å²) in [6.45, 7) is 8.54. The van der Waals surface area contributed by atoms with Gasteiger partial charge in [0.1, 0.15) is 0 Å². The van der Waals surface area contributed by atoms with Crippen molar-refractivity contribution in [1.29, 1.82) is 0 Å². The quantitative estimate of drug-likeness (QED) is 0.716. The molecule has 4 atom stereocenters. The molecule has 2 heteroatoms. The topological polar surface area (TPSA) is 37.3 Å². The minimum absolute atomic E-state index is 0.118. The third kappa shape index (κ3) is 1.87. The van der Waals surface area contributed by atoms with Crippen molar-refractivity contribution >= 4 is 5.97 Å². The first-order valence-electron chi connectivity index (χ1n) is 5.18. The van der Waals surface area contributed by atoms with E-state index in [-0.39, 0.29) is 5.92 Å². The highest BCUT2D eigenvalue weighted by Gasteiger charge is 2.43. The third-order valence-electron chi connectivity index (χ3n) is 3.64. The van der Waals surface area contributed by atoms with Gasteiger partial charge in [0.05, 0.1) is 5.92 Å². The molecule has 4 unspecified atom stereocenters. The Labute approximate surface area is 80.3 Å². The molecule has 0 heterocycles. The average molecular weight is 184 g/mol. The Bertz CT molecular complexity index is 198. The van der Waals surface area contributed by atoms with Gasteiger partial charge in [0.15, 0.2) is 0 Å². The first-order valence-corrected chi connectivity index (χ1v) is 5.18. The number of carboxylic acid groups (broad SMARTS) is 1. The molecule has 0 aromatic heterocycles. The van der Waals surface area contributed by atoms with Gasteiger partial charge in [-0.15, -0.1) is 0 Å². The van der Waals surface area contributed by atoms with Crippen LogP contribution in [0, 0.1) is 29.6 Å². The standard InChI is InChI=1S/C11H20O2/c1-6(2)9-5-7(3)10(8(9)4)11(12)13/h6-10H,5H2,1-4H3,(H,12,13). The fraction of sp³-hybridized carbons (Fsp3) is 0.909. The van der Waals surface area contributed by atoms with Crippen LogP contribution in [0.1, 0.15) is 34.1 Å². The molecule has 0 spiro atoms. The molecule has 1 N–H and O–H groups in total. The molecule has 0 bridgehead atoms. The lowest BCUT2D eigenvalue weighted by atomic mass is 9.84. The van der Waals surface area contributed by atoms with E-state index in [1.165, 1.54) is 0 Å². The average Bonchev–Trinajstić information content (AvgIpc) is 2.26. The second-order valence-corrected chi connectivity index (χ2v) is 4.84. The number of carboxylic acids is 1. The summed E-state index contributed by atoms with van der Waals surface area (Å²) in [5.41, 5.74) is 0. The van der Waals surface area contributed by atoms with Crippen molar-refractivity contribution in [3.8, 4) is 0 Å². The minimum atomic E-state index is -0.608. The van der Waals surface area contributed by atoms with Gasteiger partial charge in [-0.25, -0.2) is 0 Å². The monoisotopic (exact) mass is 184 g/mol. The van der Waals surface area contributed by atoms with E-state index in [9.17, 15) is 4.79 Å². The van der Waals surface area contributed by atoms with E-state index in [2.05, 4.69) is 27.7 Å². The van der Waals surface area contributed by atoms with Gasteiger partial charge in [-0.05, 0) is 30.1 Å². The molecule has 76 valence electrons. The molecule has 0 saturated heterocycles. The van der Waals surface area contributed by atoms with Crippen LogP contribution in [0.3, 0.4) is 0 Å². The Morgan fingerprint density at radius 2 is 1.92 bits per heavy atom. The van der Waals surface area contributed by atoms with Crippen LogP contribution in [0.25, 0.3) is 0 Å². The minimum Gasteiger partial charge on any atom is -0.481 e. The van der Waals surface area contributed by atoms with Gasteiger partial charge in [0, 0.05) is 0 Å². The fourth-order valence-electron chi connectivity index (χ4n) is 2.92. The lowest BCUT2D eigenvalue weighted by molar-refractivity contribution is -0.144. The number of aliphatic carboxylic acids is 1. The Balaban J connectivity index is 2.75. The predicted octanol–water partition coefficient (Wildman–Crippen LogP) is 2.64. The molecule has 0 aliphatic heterocycles. The van der Waals surface area contributed by atoms with E-state index in [0.717, 1.165) is 6.42 Å². The molecule has 13 heavy (non-hydrogen) atoms. The molecule has 1 saturated carbocycles. The van der Waals surface area contributed by atoms with Gasteiger partial charge < -0.3 is 5.11 Å². The first-order chi connectivity index (χ1) is 5.95. The molecule has 1 rings (SSSR count). The molecule has 1 fully saturated rings. The van der Waals surface area contributed by atoms with Gasteiger partial charge in [0.2, 0.25) is 0 Å². The second-order valence-electron chi connectivity index (χ2n) is 4.84. The maximum atomic E-state index is 11.0. The Hall–Kier alpha value is -0.530. The van der Waals surface area contributed by atoms with Crippen molar-refractivity contribution < 1.29 is 9.90 Å². The number of hydrogen-bond acceptors (Lipinski definition) is 1. The van der Waals surface area contributed by atoms with Crippen LogP contribution < -0.4 is 0 Å². The molecule has 1 aliphatic carbocycles. The van der Waals surface area contributed by atoms with E-state index in [1.54, 1.807) is 0 Å². The van der Waals surface area contributed by atoms with Crippen molar-refractivity contribution in [2.75, 3.05) is 0 Å². The SMILES string of the molecule is CC(C)C1CC(C)C(C(=O)O)C1C. The number of rotatable bonds is 2. The zero-order chi connectivity index (χ0) is 10.2. The van der Waals surface area contributed by atoms with E-state index in [4.69, 9.17) is 5.11 Å². The van der Waals surface area contributed by atoms with Crippen LogP contribution >= 0.6 is 0 Å². The van der Waals surface area contributed by atoms with Crippen LogP contribution in [0.15, 0.2) is 0 Å². The molecule has 0 radical (unpaired) electrons. The molecule has 0 amide bonds. The summed E-state index contributed by atoms with van der Waals surface area (Å²) < 4.78 is 0. The van der Waals surface area contributed by atoms with Crippen molar-refractivity contribution in [2.45, 2.75) is 34.1 Å². The summed E-state index contributed by atoms with van der Waals surface area (Å²) in [7, 11) is 0. The zero-order valence-corrected chi connectivity index (χ0v) is 8.95. The van der Waals surface area contributed by atoms with Crippen LogP contribution in [-0.4, -0.2) is 11.1 Å². The van der Waals surface area contributed by atoms with Crippen LogP contribution in [0.2, 0.25) is 0 Å². The summed E-state index contributed by atoms with van der Waals surface area (Å²) >= 11 is 0. The van der Waals surface area contributed by atoms with Gasteiger partial charge >= 0.3 is 5.97 Å². The lowest BCUT2D eigenvalue weighted by Gasteiger charge is -2.21. The Kier molecular flexibility index (Phi) is 2.99. The largest absolute Gasteiger partial charge is 0.481 e. The molecule has 0 aromatic carbocycles. The Morgan fingerprint density at radius 3 is 2.15 bits per heavy atom. The molecule has 1 aliphatic rings. The van der Waals surface area contributed by atoms with Crippen molar-refractivity contribution in [3.63, 3.8) is 0 Å². The highest BCUT2D eigenvalue weighted by atomic mass is 16.4. The third-order valence-corrected chi connectivity index (χ3v) is 3.64. The maximum Gasteiger partial charge on any atom is 0.307 e. The van der Waals surface area contributed by atoms with Gasteiger partial charge in [-0.1, -0.05) is 27.7 Å². The normalized spacial score (nSPS) is 39.8. The summed E-state index contributed by atoms with van der Waals surface area (Å²) in [5.74, 6) is 1.17. The van der Waals surface area contributed by atoms with Gasteiger partial charge in [-0.3, -0.25) is 4.79 Å². The molecular weight excluding hydrogens is 164 g/mol. The molecule has 0 aromatic rings. The second kappa shape index (κ2) is 3.69. The van der Waals surface area contributed by atoms with Gasteiger partial charge in [-0.2, -0.15) is 0 Å². The summed E-state index contributed by atoms with van der Waals surface area (Å²) in [6.07, 6.45) is 1.08. The van der Waals surface area contributed by atoms with E-state index < -0.39 is 5.97 Å². The highest BCUT2D eigenvalue weighted by molar-refractivity contribution is 5.71. The molecular formula is C11H20O2. The fourth-order valence-corrected chi connectivity index (χ4v) is 2.92. The summed E-state index contributed by atoms with van der Waals surface area (Å²) in [4.78, 5) is 11.0. The first kappa shape index (κ1) is 10.6. The Morgan fingerprint density at radius 1 is 1.38 bits per heavy atom. The number of hydrogen-bond donors (Lipinski definition) is 1. The molecule has 2 nitrogen and oxygen atoms in total. The van der Waals surface area contributed by atoms with E-state index in [1.807, 2.05) is 0 Å². The number of carbonyl (C=O) groups is 1. The van der Waals surface area contributed by atoms with E-state index >= 15 is 0 Å². The van der Waals surface area contributed by atoms with Gasteiger partial charge in [0.25, 0.3) is 0 Å². The van der Waals surface area contributed by atoms with Crippen molar-refractivity contribution in [2.24, 2.45) is 29.6 Å². The smallest absolute Gasteiger partial charge is 0.307 e. The van der Waals surface area contributed by atoms with Crippen LogP contribution in [0.4, 0.5) is 0 Å². The maximum absolute atomic E-state index is 11.0. The van der Waals surface area contributed by atoms with E-state index in [0.29, 0.717) is 23.7 Å². The zero-order valence-electron chi connectivity index (χ0n) is 8.95.